The number of thiazole rings is 1. The van der Waals surface area contributed by atoms with Gasteiger partial charge in [0.1, 0.15) is 12.2 Å². The van der Waals surface area contributed by atoms with Gasteiger partial charge in [0, 0.05) is 30.7 Å². The van der Waals surface area contributed by atoms with E-state index in [4.69, 9.17) is 9.47 Å². The van der Waals surface area contributed by atoms with E-state index < -0.39 is 5.97 Å². The van der Waals surface area contributed by atoms with E-state index in [-0.39, 0.29) is 18.2 Å². The quantitative estimate of drug-likeness (QED) is 0.499. The number of hydrogen-bond donors (Lipinski definition) is 0. The molecule has 158 valence electrons. The van der Waals surface area contributed by atoms with Gasteiger partial charge in [-0.1, -0.05) is 33.7 Å². The Morgan fingerprint density at radius 2 is 2.00 bits per heavy atom. The second kappa shape index (κ2) is 12.1. The van der Waals surface area contributed by atoms with E-state index >= 15 is 0 Å². The van der Waals surface area contributed by atoms with E-state index in [1.165, 1.54) is 6.08 Å². The van der Waals surface area contributed by atoms with Crippen molar-refractivity contribution < 1.29 is 19.1 Å². The summed E-state index contributed by atoms with van der Waals surface area (Å²) in [5.74, 6) is -0.570. The van der Waals surface area contributed by atoms with E-state index in [1.807, 2.05) is 38.3 Å². The van der Waals surface area contributed by atoms with Crippen LogP contribution in [0.25, 0.3) is 0 Å². The van der Waals surface area contributed by atoms with Crippen molar-refractivity contribution in [3.8, 4) is 0 Å². The largest absolute Gasteiger partial charge is 0.462 e. The molecule has 1 aromatic rings. The first-order chi connectivity index (χ1) is 13.8. The lowest BCUT2D eigenvalue weighted by molar-refractivity contribution is -0.148. The van der Waals surface area contributed by atoms with Gasteiger partial charge in [-0.2, -0.15) is 0 Å². The number of esters is 2. The molecule has 0 spiro atoms. The van der Waals surface area contributed by atoms with Crippen LogP contribution in [0, 0.1) is 0 Å². The van der Waals surface area contributed by atoms with Gasteiger partial charge in [0.25, 0.3) is 0 Å². The maximum Gasteiger partial charge on any atom is 0.331 e. The number of hydrogen-bond acceptors (Lipinski definition) is 6. The van der Waals surface area contributed by atoms with Gasteiger partial charge in [-0.3, -0.25) is 4.79 Å². The smallest absolute Gasteiger partial charge is 0.331 e. The van der Waals surface area contributed by atoms with Crippen molar-refractivity contribution in [2.75, 3.05) is 0 Å². The molecule has 0 N–H and O–H groups in total. The predicted octanol–water partition coefficient (Wildman–Crippen LogP) is 5.45. The Morgan fingerprint density at radius 1 is 1.24 bits per heavy atom. The lowest BCUT2D eigenvalue weighted by Crippen LogP contribution is -2.17. The zero-order valence-corrected chi connectivity index (χ0v) is 19.6. The fourth-order valence-electron chi connectivity index (χ4n) is 3.02. The van der Waals surface area contributed by atoms with Gasteiger partial charge in [0.2, 0.25) is 0 Å². The van der Waals surface area contributed by atoms with Crippen molar-refractivity contribution in [2.24, 2.45) is 0 Å². The minimum Gasteiger partial charge on any atom is -0.462 e. The van der Waals surface area contributed by atoms with Crippen LogP contribution in [-0.4, -0.2) is 29.1 Å². The SMILES string of the molecule is C/C(Br)=C\[C@@H]1Cc2nc(cs2)CCCCC(=O)O[C@@H](C)C/C(C)=C/C=C/C(=O)O1. The summed E-state index contributed by atoms with van der Waals surface area (Å²) in [6, 6.07) is 0. The third-order valence-electron chi connectivity index (χ3n) is 4.28. The van der Waals surface area contributed by atoms with Gasteiger partial charge in [0.05, 0.1) is 10.7 Å². The molecule has 7 heteroatoms. The van der Waals surface area contributed by atoms with Crippen LogP contribution in [0.3, 0.4) is 0 Å². The minimum atomic E-state index is -0.404. The number of rotatable bonds is 1. The Balaban J connectivity index is 2.16. The van der Waals surface area contributed by atoms with E-state index in [2.05, 4.69) is 20.9 Å². The highest BCUT2D eigenvalue weighted by molar-refractivity contribution is 9.11. The molecule has 1 aliphatic rings. The first-order valence-corrected chi connectivity index (χ1v) is 11.5. The Labute approximate surface area is 185 Å². The topological polar surface area (TPSA) is 65.5 Å². The van der Waals surface area contributed by atoms with Crippen molar-refractivity contribution >= 4 is 39.2 Å². The number of aromatic nitrogens is 1. The number of aryl methyl sites for hydroxylation is 1. The monoisotopic (exact) mass is 481 g/mol. The number of carbonyl (C=O) groups is 2. The summed E-state index contributed by atoms with van der Waals surface area (Å²) < 4.78 is 12.0. The number of nitrogens with zero attached hydrogens (tertiary/aromatic N) is 1. The number of fused-ring (bicyclic) bond motifs is 2. The Bertz CT molecular complexity index is 792. The summed E-state index contributed by atoms with van der Waals surface area (Å²) in [6.07, 6.45) is 10.3. The summed E-state index contributed by atoms with van der Waals surface area (Å²) >= 11 is 4.98. The molecular formula is C22H28BrNO4S. The van der Waals surface area contributed by atoms with Gasteiger partial charge in [0.15, 0.2) is 0 Å². The summed E-state index contributed by atoms with van der Waals surface area (Å²) in [4.78, 5) is 28.9. The lowest BCUT2D eigenvalue weighted by atomic mass is 10.1. The molecule has 1 aliphatic heterocycles. The van der Waals surface area contributed by atoms with E-state index in [9.17, 15) is 9.59 Å². The molecule has 5 nitrogen and oxygen atoms in total. The van der Waals surface area contributed by atoms with Gasteiger partial charge >= 0.3 is 11.9 Å². The fourth-order valence-corrected chi connectivity index (χ4v) is 4.19. The van der Waals surface area contributed by atoms with E-state index in [1.54, 1.807) is 17.4 Å². The summed E-state index contributed by atoms with van der Waals surface area (Å²) in [6.45, 7) is 5.73. The van der Waals surface area contributed by atoms with Crippen LogP contribution in [0.2, 0.25) is 0 Å². The number of carbonyl (C=O) groups excluding carboxylic acids is 2. The molecule has 2 heterocycles. The number of ether oxygens (including phenoxy) is 2. The van der Waals surface area contributed by atoms with Crippen LogP contribution in [0.1, 0.15) is 57.2 Å². The van der Waals surface area contributed by atoms with Crippen LogP contribution < -0.4 is 0 Å². The molecule has 0 aromatic carbocycles. The van der Waals surface area contributed by atoms with Gasteiger partial charge in [-0.05, 0) is 50.6 Å². The fraction of sp³-hybridized carbons (Fsp3) is 0.500. The molecule has 0 saturated heterocycles. The number of allylic oxidation sites excluding steroid dienone is 3. The zero-order chi connectivity index (χ0) is 21.2. The first-order valence-electron chi connectivity index (χ1n) is 9.83. The van der Waals surface area contributed by atoms with Crippen LogP contribution in [0.5, 0.6) is 0 Å². The third-order valence-corrected chi connectivity index (χ3v) is 5.46. The van der Waals surface area contributed by atoms with Gasteiger partial charge < -0.3 is 9.47 Å². The molecular weight excluding hydrogens is 454 g/mol. The normalized spacial score (nSPS) is 26.2. The summed E-state index contributed by atoms with van der Waals surface area (Å²) in [5, 5.41) is 2.96. The van der Waals surface area contributed by atoms with Crippen molar-refractivity contribution in [1.82, 2.24) is 4.98 Å². The van der Waals surface area contributed by atoms with Crippen molar-refractivity contribution in [2.45, 2.75) is 71.5 Å². The predicted molar refractivity (Wildman–Crippen MR) is 119 cm³/mol. The van der Waals surface area contributed by atoms with E-state index in [0.717, 1.165) is 40.0 Å². The third kappa shape index (κ3) is 9.54. The van der Waals surface area contributed by atoms with E-state index in [0.29, 0.717) is 19.3 Å². The molecule has 2 bridgehead atoms. The average molecular weight is 482 g/mol. The second-order valence-corrected chi connectivity index (χ2v) is 9.44. The number of cyclic esters (lactones) is 2. The standard InChI is InChI=1S/C22H28BrNO4S/c1-15-7-6-10-22(26)28-19(12-16(2)23)13-20-24-18(14-29-20)8-4-5-9-21(25)27-17(3)11-15/h6-7,10,12,14,17,19H,4-5,8-9,11,13H2,1-3H3/b10-6+,15-7+,16-12+/t17-,19+/m0/s1. The molecule has 0 saturated carbocycles. The molecule has 29 heavy (non-hydrogen) atoms. The highest BCUT2D eigenvalue weighted by Gasteiger charge is 2.15. The zero-order valence-electron chi connectivity index (χ0n) is 17.2. The van der Waals surface area contributed by atoms with Crippen LogP contribution >= 0.6 is 27.3 Å². The molecule has 0 fully saturated rings. The molecule has 2 atom stereocenters. The minimum absolute atomic E-state index is 0.166. The lowest BCUT2D eigenvalue weighted by Gasteiger charge is -2.13. The van der Waals surface area contributed by atoms with Crippen LogP contribution in [0.15, 0.2) is 39.7 Å². The Morgan fingerprint density at radius 3 is 2.76 bits per heavy atom. The molecule has 2 rings (SSSR count). The summed E-state index contributed by atoms with van der Waals surface area (Å²) in [7, 11) is 0. The van der Waals surface area contributed by atoms with Crippen molar-refractivity contribution in [3.05, 3.63) is 50.4 Å². The number of halogens is 1. The molecule has 0 amide bonds. The van der Waals surface area contributed by atoms with Gasteiger partial charge in [-0.15, -0.1) is 11.3 Å². The molecule has 0 radical (unpaired) electrons. The maximum atomic E-state index is 12.2. The van der Waals surface area contributed by atoms with Crippen molar-refractivity contribution in [1.29, 1.82) is 0 Å². The maximum absolute atomic E-state index is 12.2. The Hall–Kier alpha value is -1.73. The van der Waals surface area contributed by atoms with Gasteiger partial charge in [-0.25, -0.2) is 9.78 Å². The van der Waals surface area contributed by atoms with Crippen molar-refractivity contribution in [3.63, 3.8) is 0 Å². The molecule has 1 aromatic heterocycles. The molecule has 0 aliphatic carbocycles. The second-order valence-electron chi connectivity index (χ2n) is 7.25. The summed E-state index contributed by atoms with van der Waals surface area (Å²) in [5.41, 5.74) is 2.03. The Kier molecular flexibility index (Phi) is 9.81. The van der Waals surface area contributed by atoms with Crippen LogP contribution in [0.4, 0.5) is 0 Å². The average Bonchev–Trinajstić information content (AvgIpc) is 3.04. The molecule has 0 unspecified atom stereocenters. The highest BCUT2D eigenvalue weighted by Crippen LogP contribution is 2.18. The highest BCUT2D eigenvalue weighted by atomic mass is 79.9. The van der Waals surface area contributed by atoms with Crippen LogP contribution in [-0.2, 0) is 31.9 Å². The first kappa shape index (κ1) is 23.5.